The third-order valence-corrected chi connectivity index (χ3v) is 3.06. The number of aromatic nitrogens is 1. The van der Waals surface area contributed by atoms with E-state index in [0.29, 0.717) is 0 Å². The zero-order chi connectivity index (χ0) is 10.3. The molecule has 3 nitrogen and oxygen atoms in total. The Morgan fingerprint density at radius 2 is 2.07 bits per heavy atom. The van der Waals surface area contributed by atoms with Crippen LogP contribution in [0.15, 0.2) is 12.1 Å². The Bertz CT molecular complexity index is 473. The van der Waals surface area contributed by atoms with E-state index in [1.807, 2.05) is 38.1 Å². The first-order chi connectivity index (χ1) is 6.58. The zero-order valence-corrected chi connectivity index (χ0v) is 9.35. The van der Waals surface area contributed by atoms with E-state index in [-0.39, 0.29) is 0 Å². The molecule has 2 aromatic rings. The number of thiazole rings is 1. The van der Waals surface area contributed by atoms with E-state index in [9.17, 15) is 0 Å². The summed E-state index contributed by atoms with van der Waals surface area (Å²) in [7, 11) is 3.97. The molecule has 0 aliphatic rings. The van der Waals surface area contributed by atoms with Gasteiger partial charge in [-0.1, -0.05) is 0 Å². The minimum Gasteiger partial charge on any atom is -0.397 e. The number of fused-ring (bicyclic) bond motifs is 1. The maximum atomic E-state index is 5.93. The molecular formula is C10H13N3S. The van der Waals surface area contributed by atoms with Gasteiger partial charge in [0.15, 0.2) is 0 Å². The molecule has 0 saturated heterocycles. The van der Waals surface area contributed by atoms with Crippen LogP contribution in [0.5, 0.6) is 0 Å². The number of nitrogen functional groups attached to an aromatic ring is 1. The number of nitrogens with two attached hydrogens (primary N) is 1. The van der Waals surface area contributed by atoms with Crippen molar-refractivity contribution in [1.29, 1.82) is 0 Å². The van der Waals surface area contributed by atoms with Crippen LogP contribution in [0.4, 0.5) is 11.4 Å². The zero-order valence-electron chi connectivity index (χ0n) is 8.53. The van der Waals surface area contributed by atoms with Gasteiger partial charge in [-0.15, -0.1) is 11.3 Å². The van der Waals surface area contributed by atoms with E-state index in [1.54, 1.807) is 11.3 Å². The summed E-state index contributed by atoms with van der Waals surface area (Å²) in [5.41, 5.74) is 8.81. The Labute approximate surface area is 87.2 Å². The fraction of sp³-hybridized carbons (Fsp3) is 0.300. The van der Waals surface area contributed by atoms with Crippen molar-refractivity contribution in [2.24, 2.45) is 0 Å². The van der Waals surface area contributed by atoms with Gasteiger partial charge in [0.1, 0.15) is 0 Å². The SMILES string of the molecule is Cc1nc2cc(N(C)C)c(N)cc2s1. The molecule has 2 N–H and O–H groups in total. The summed E-state index contributed by atoms with van der Waals surface area (Å²) >= 11 is 1.68. The van der Waals surface area contributed by atoms with Crippen LogP contribution in [-0.4, -0.2) is 19.1 Å². The van der Waals surface area contributed by atoms with Crippen molar-refractivity contribution in [3.05, 3.63) is 17.1 Å². The van der Waals surface area contributed by atoms with E-state index in [4.69, 9.17) is 5.73 Å². The first kappa shape index (κ1) is 9.27. The molecule has 74 valence electrons. The van der Waals surface area contributed by atoms with Gasteiger partial charge in [-0.2, -0.15) is 0 Å². The van der Waals surface area contributed by atoms with Gasteiger partial charge < -0.3 is 10.6 Å². The summed E-state index contributed by atoms with van der Waals surface area (Å²) < 4.78 is 1.16. The Morgan fingerprint density at radius 1 is 1.36 bits per heavy atom. The van der Waals surface area contributed by atoms with Crippen molar-refractivity contribution < 1.29 is 0 Å². The lowest BCUT2D eigenvalue weighted by molar-refractivity contribution is 1.14. The second-order valence-electron chi connectivity index (χ2n) is 3.51. The number of hydrogen-bond acceptors (Lipinski definition) is 4. The molecule has 0 aliphatic heterocycles. The maximum absolute atomic E-state index is 5.93. The Morgan fingerprint density at radius 3 is 2.71 bits per heavy atom. The predicted octanol–water partition coefficient (Wildman–Crippen LogP) is 2.25. The Hall–Kier alpha value is -1.29. The van der Waals surface area contributed by atoms with Crippen LogP contribution in [0.1, 0.15) is 5.01 Å². The van der Waals surface area contributed by atoms with Gasteiger partial charge in [0.2, 0.25) is 0 Å². The molecular weight excluding hydrogens is 194 g/mol. The van der Waals surface area contributed by atoms with Crippen LogP contribution in [-0.2, 0) is 0 Å². The maximum Gasteiger partial charge on any atom is 0.0907 e. The molecule has 1 aromatic carbocycles. The predicted molar refractivity (Wildman–Crippen MR) is 63.1 cm³/mol. The molecule has 1 heterocycles. The van der Waals surface area contributed by atoms with Crippen LogP contribution in [0.25, 0.3) is 10.2 Å². The molecule has 4 heteroatoms. The van der Waals surface area contributed by atoms with Crippen molar-refractivity contribution in [2.75, 3.05) is 24.7 Å². The summed E-state index contributed by atoms with van der Waals surface area (Å²) in [6.45, 7) is 2.01. The van der Waals surface area contributed by atoms with Crippen molar-refractivity contribution in [3.63, 3.8) is 0 Å². The number of aryl methyl sites for hydroxylation is 1. The summed E-state index contributed by atoms with van der Waals surface area (Å²) in [6, 6.07) is 4.03. The van der Waals surface area contributed by atoms with Crippen molar-refractivity contribution in [3.8, 4) is 0 Å². The van der Waals surface area contributed by atoms with E-state index >= 15 is 0 Å². The number of hydrogen-bond donors (Lipinski definition) is 1. The molecule has 0 aliphatic carbocycles. The lowest BCUT2D eigenvalue weighted by Crippen LogP contribution is -2.10. The van der Waals surface area contributed by atoms with Gasteiger partial charge in [-0.3, -0.25) is 0 Å². The van der Waals surface area contributed by atoms with E-state index < -0.39 is 0 Å². The fourth-order valence-electron chi connectivity index (χ4n) is 1.48. The van der Waals surface area contributed by atoms with E-state index in [2.05, 4.69) is 4.98 Å². The van der Waals surface area contributed by atoms with Crippen LogP contribution in [0, 0.1) is 6.92 Å². The van der Waals surface area contributed by atoms with Gasteiger partial charge in [-0.25, -0.2) is 4.98 Å². The summed E-state index contributed by atoms with van der Waals surface area (Å²) in [5, 5.41) is 1.08. The molecule has 0 saturated carbocycles. The summed E-state index contributed by atoms with van der Waals surface area (Å²) in [4.78, 5) is 6.44. The molecule has 2 rings (SSSR count). The van der Waals surface area contributed by atoms with Crippen LogP contribution in [0.2, 0.25) is 0 Å². The van der Waals surface area contributed by atoms with Crippen LogP contribution < -0.4 is 10.6 Å². The van der Waals surface area contributed by atoms with Crippen LogP contribution >= 0.6 is 11.3 Å². The highest BCUT2D eigenvalue weighted by Gasteiger charge is 2.06. The van der Waals surface area contributed by atoms with Gasteiger partial charge >= 0.3 is 0 Å². The molecule has 0 bridgehead atoms. The molecule has 1 aromatic heterocycles. The number of benzene rings is 1. The largest absolute Gasteiger partial charge is 0.397 e. The quantitative estimate of drug-likeness (QED) is 0.729. The summed E-state index contributed by atoms with van der Waals surface area (Å²) in [5.74, 6) is 0. The van der Waals surface area contributed by atoms with Gasteiger partial charge in [0.05, 0.1) is 26.6 Å². The van der Waals surface area contributed by atoms with E-state index in [0.717, 1.165) is 26.6 Å². The molecule has 0 atom stereocenters. The van der Waals surface area contributed by atoms with Crippen molar-refractivity contribution in [1.82, 2.24) is 4.98 Å². The monoisotopic (exact) mass is 207 g/mol. The third-order valence-electron chi connectivity index (χ3n) is 2.13. The highest BCUT2D eigenvalue weighted by Crippen LogP contribution is 2.30. The Kier molecular flexibility index (Phi) is 2.07. The van der Waals surface area contributed by atoms with Gasteiger partial charge in [0, 0.05) is 14.1 Å². The normalized spacial score (nSPS) is 10.8. The number of rotatable bonds is 1. The third kappa shape index (κ3) is 1.42. The standard InChI is InChI=1S/C10H13N3S/c1-6-12-8-5-9(13(2)3)7(11)4-10(8)14-6/h4-5H,11H2,1-3H3. The molecule has 0 spiro atoms. The smallest absolute Gasteiger partial charge is 0.0907 e. The first-order valence-corrected chi connectivity index (χ1v) is 5.23. The molecule has 0 amide bonds. The highest BCUT2D eigenvalue weighted by molar-refractivity contribution is 7.18. The molecule has 0 radical (unpaired) electrons. The topological polar surface area (TPSA) is 42.2 Å². The minimum absolute atomic E-state index is 0.811. The van der Waals surface area contributed by atoms with Gasteiger partial charge in [0.25, 0.3) is 0 Å². The molecule has 14 heavy (non-hydrogen) atoms. The lowest BCUT2D eigenvalue weighted by atomic mass is 10.2. The Balaban J connectivity index is 2.70. The second-order valence-corrected chi connectivity index (χ2v) is 4.74. The molecule has 0 fully saturated rings. The number of nitrogens with zero attached hydrogens (tertiary/aromatic N) is 2. The minimum atomic E-state index is 0.811. The lowest BCUT2D eigenvalue weighted by Gasteiger charge is -2.14. The summed E-state index contributed by atoms with van der Waals surface area (Å²) in [6.07, 6.45) is 0. The first-order valence-electron chi connectivity index (χ1n) is 4.42. The molecule has 0 unspecified atom stereocenters. The number of anilines is 2. The van der Waals surface area contributed by atoms with Crippen molar-refractivity contribution >= 4 is 32.9 Å². The van der Waals surface area contributed by atoms with Crippen LogP contribution in [0.3, 0.4) is 0 Å². The van der Waals surface area contributed by atoms with Gasteiger partial charge in [-0.05, 0) is 19.1 Å². The average molecular weight is 207 g/mol. The fourth-order valence-corrected chi connectivity index (χ4v) is 2.34. The second kappa shape index (κ2) is 3.13. The highest BCUT2D eigenvalue weighted by atomic mass is 32.1. The average Bonchev–Trinajstić information content (AvgIpc) is 2.42. The van der Waals surface area contributed by atoms with E-state index in [1.165, 1.54) is 0 Å². The van der Waals surface area contributed by atoms with Crippen molar-refractivity contribution in [2.45, 2.75) is 6.92 Å².